The molecule has 2 aromatic rings. The van der Waals surface area contributed by atoms with E-state index in [0.717, 1.165) is 6.33 Å². The van der Waals surface area contributed by atoms with Crippen LogP contribution in [0, 0.1) is 11.3 Å². The van der Waals surface area contributed by atoms with Gasteiger partial charge in [-0.05, 0) is 25.1 Å². The number of aromatic amines is 1. The maximum absolute atomic E-state index is 13.9. The Balaban J connectivity index is 2.55. The maximum atomic E-state index is 13.9. The van der Waals surface area contributed by atoms with Crippen LogP contribution in [0.4, 0.5) is 13.2 Å². The maximum Gasteiger partial charge on any atom is 0.323 e. The molecule has 0 aliphatic rings. The summed E-state index contributed by atoms with van der Waals surface area (Å²) in [5.74, 6) is -4.88. The number of nitrogens with zero attached hydrogens (tertiary/aromatic N) is 2. The number of nitriles is 1. The van der Waals surface area contributed by atoms with Crippen LogP contribution >= 0.6 is 15.9 Å². The molecule has 0 aliphatic heterocycles. The number of benzene rings is 1. The first-order valence-corrected chi connectivity index (χ1v) is 7.03. The molecule has 0 aliphatic carbocycles. The van der Waals surface area contributed by atoms with Gasteiger partial charge in [-0.15, -0.1) is 0 Å². The van der Waals surface area contributed by atoms with Gasteiger partial charge in [-0.2, -0.15) is 14.0 Å². The molecule has 0 radical (unpaired) electrons. The summed E-state index contributed by atoms with van der Waals surface area (Å²) in [6.45, 7) is 0.652. The molecule has 0 spiro atoms. The first-order valence-electron chi connectivity index (χ1n) is 6.24. The van der Waals surface area contributed by atoms with Crippen molar-refractivity contribution in [3.63, 3.8) is 0 Å². The molecule has 1 heterocycles. The van der Waals surface area contributed by atoms with E-state index in [9.17, 15) is 18.0 Å². The number of hydrogen-bond acceptors (Lipinski definition) is 4. The lowest BCUT2D eigenvalue weighted by Crippen LogP contribution is -2.29. The van der Waals surface area contributed by atoms with Gasteiger partial charge in [-0.1, -0.05) is 15.9 Å². The molecule has 0 bridgehead atoms. The molecule has 1 aromatic heterocycles. The molecule has 0 amide bonds. The van der Waals surface area contributed by atoms with Crippen molar-refractivity contribution < 1.29 is 17.9 Å². The first kappa shape index (κ1) is 17.0. The van der Waals surface area contributed by atoms with Crippen LogP contribution in [0.25, 0.3) is 0 Å². The van der Waals surface area contributed by atoms with Gasteiger partial charge in [0.05, 0.1) is 18.0 Å². The monoisotopic (exact) mass is 387 g/mol. The largest absolute Gasteiger partial charge is 0.449 e. The second-order valence-corrected chi connectivity index (χ2v) is 5.45. The predicted octanol–water partition coefficient (Wildman–Crippen LogP) is 3.65. The Kier molecular flexibility index (Phi) is 4.75. The fourth-order valence-electron chi connectivity index (χ4n) is 1.71. The van der Waals surface area contributed by atoms with Crippen molar-refractivity contribution in [2.24, 2.45) is 0 Å². The second kappa shape index (κ2) is 6.42. The van der Waals surface area contributed by atoms with Crippen LogP contribution in [0.3, 0.4) is 0 Å². The van der Waals surface area contributed by atoms with Crippen molar-refractivity contribution in [3.05, 3.63) is 50.6 Å². The van der Waals surface area contributed by atoms with Gasteiger partial charge in [0.2, 0.25) is 5.75 Å². The Labute approximate surface area is 136 Å². The van der Waals surface area contributed by atoms with E-state index in [1.807, 2.05) is 6.07 Å². The van der Waals surface area contributed by atoms with E-state index in [4.69, 9.17) is 10.00 Å². The highest BCUT2D eigenvalue weighted by molar-refractivity contribution is 9.10. The molecular formula is C14H9BrF3N3O2. The summed E-state index contributed by atoms with van der Waals surface area (Å²) in [5, 5.41) is 8.89. The fourth-order valence-corrected chi connectivity index (χ4v) is 2.18. The highest BCUT2D eigenvalue weighted by Gasteiger charge is 2.44. The lowest BCUT2D eigenvalue weighted by atomic mass is 10.1. The minimum Gasteiger partial charge on any atom is -0.449 e. The van der Waals surface area contributed by atoms with Crippen molar-refractivity contribution >= 4 is 15.9 Å². The van der Waals surface area contributed by atoms with Crippen molar-refractivity contribution in [1.82, 2.24) is 9.97 Å². The predicted molar refractivity (Wildman–Crippen MR) is 78.3 cm³/mol. The highest BCUT2D eigenvalue weighted by atomic mass is 79.9. The zero-order valence-electron chi connectivity index (χ0n) is 11.6. The van der Waals surface area contributed by atoms with Gasteiger partial charge in [-0.3, -0.25) is 4.79 Å². The first-order chi connectivity index (χ1) is 10.8. The number of nitrogens with one attached hydrogen (secondary N) is 1. The van der Waals surface area contributed by atoms with E-state index in [1.165, 1.54) is 18.2 Å². The number of alkyl halides is 3. The molecule has 0 fully saturated rings. The average Bonchev–Trinajstić information content (AvgIpc) is 2.48. The molecule has 0 saturated heterocycles. The number of halogens is 4. The summed E-state index contributed by atoms with van der Waals surface area (Å²) in [5.41, 5.74) is -1.93. The van der Waals surface area contributed by atoms with Crippen LogP contribution in [0.1, 0.15) is 18.2 Å². The van der Waals surface area contributed by atoms with Crippen LogP contribution < -0.4 is 10.3 Å². The van der Waals surface area contributed by atoms with Crippen LogP contribution in [0.5, 0.6) is 11.5 Å². The van der Waals surface area contributed by atoms with Crippen molar-refractivity contribution in [1.29, 1.82) is 5.26 Å². The van der Waals surface area contributed by atoms with E-state index in [-0.39, 0.29) is 11.3 Å². The van der Waals surface area contributed by atoms with Crippen molar-refractivity contribution in [2.75, 3.05) is 0 Å². The number of aromatic nitrogens is 2. The lowest BCUT2D eigenvalue weighted by molar-refractivity contribution is -0.0764. The fraction of sp³-hybridized carbons (Fsp3) is 0.214. The van der Waals surface area contributed by atoms with E-state index in [2.05, 4.69) is 25.9 Å². The van der Waals surface area contributed by atoms with Gasteiger partial charge in [0.1, 0.15) is 5.75 Å². The van der Waals surface area contributed by atoms with Crippen LogP contribution in [0.15, 0.2) is 33.8 Å². The SMILES string of the molecule is CC(F)C(F)(F)c1nc[nH]c(=O)c1Oc1cc(Br)cc(C#N)c1. The molecule has 23 heavy (non-hydrogen) atoms. The Morgan fingerprint density at radius 1 is 1.43 bits per heavy atom. The summed E-state index contributed by atoms with van der Waals surface area (Å²) in [6.07, 6.45) is -1.83. The number of ether oxygens (including phenoxy) is 1. The van der Waals surface area contributed by atoms with Crippen molar-refractivity contribution in [2.45, 2.75) is 19.0 Å². The molecule has 1 atom stereocenters. The van der Waals surface area contributed by atoms with E-state index < -0.39 is 29.1 Å². The highest BCUT2D eigenvalue weighted by Crippen LogP contribution is 2.37. The van der Waals surface area contributed by atoms with Gasteiger partial charge in [0, 0.05) is 4.47 Å². The summed E-state index contributed by atoms with van der Waals surface area (Å²) in [6, 6.07) is 5.94. The van der Waals surface area contributed by atoms with E-state index >= 15 is 0 Å². The standard InChI is InChI=1S/C14H9BrF3N3O2/c1-7(16)14(17,18)12-11(13(22)21-6-20-12)23-10-3-8(5-19)2-9(15)4-10/h2-4,6-7H,1H3,(H,20,21,22). The zero-order valence-corrected chi connectivity index (χ0v) is 13.2. The molecule has 1 unspecified atom stereocenters. The average molecular weight is 388 g/mol. The minimum absolute atomic E-state index is 0.0435. The summed E-state index contributed by atoms with van der Waals surface area (Å²) >= 11 is 3.13. The number of hydrogen-bond donors (Lipinski definition) is 1. The Bertz CT molecular complexity index is 831. The zero-order chi connectivity index (χ0) is 17.2. The minimum atomic E-state index is -4.01. The molecular weight excluding hydrogens is 379 g/mol. The third-order valence-electron chi connectivity index (χ3n) is 2.85. The number of rotatable bonds is 4. The molecule has 0 saturated carbocycles. The summed E-state index contributed by atoms with van der Waals surface area (Å²) in [4.78, 5) is 17.2. The van der Waals surface area contributed by atoms with E-state index in [1.54, 1.807) is 0 Å². The number of H-pyrrole nitrogens is 1. The Hall–Kier alpha value is -2.34. The van der Waals surface area contributed by atoms with Crippen LogP contribution in [0.2, 0.25) is 0 Å². The smallest absolute Gasteiger partial charge is 0.323 e. The van der Waals surface area contributed by atoms with Gasteiger partial charge < -0.3 is 9.72 Å². The molecule has 1 aromatic carbocycles. The Morgan fingerprint density at radius 3 is 2.74 bits per heavy atom. The normalized spacial score (nSPS) is 12.5. The van der Waals surface area contributed by atoms with Gasteiger partial charge in [-0.25, -0.2) is 9.37 Å². The summed E-state index contributed by atoms with van der Waals surface area (Å²) < 4.78 is 46.6. The topological polar surface area (TPSA) is 78.8 Å². The van der Waals surface area contributed by atoms with Gasteiger partial charge in [0.25, 0.3) is 5.56 Å². The lowest BCUT2D eigenvalue weighted by Gasteiger charge is -2.19. The van der Waals surface area contributed by atoms with E-state index in [0.29, 0.717) is 11.4 Å². The van der Waals surface area contributed by atoms with Gasteiger partial charge in [0.15, 0.2) is 11.9 Å². The third kappa shape index (κ3) is 3.53. The quantitative estimate of drug-likeness (QED) is 0.868. The van der Waals surface area contributed by atoms with Crippen LogP contribution in [-0.2, 0) is 5.92 Å². The molecule has 5 nitrogen and oxygen atoms in total. The van der Waals surface area contributed by atoms with Crippen molar-refractivity contribution in [3.8, 4) is 17.6 Å². The summed E-state index contributed by atoms with van der Waals surface area (Å²) in [7, 11) is 0. The molecule has 1 N–H and O–H groups in total. The van der Waals surface area contributed by atoms with Crippen LogP contribution in [-0.4, -0.2) is 16.1 Å². The third-order valence-corrected chi connectivity index (χ3v) is 3.30. The second-order valence-electron chi connectivity index (χ2n) is 4.54. The van der Waals surface area contributed by atoms with Gasteiger partial charge >= 0.3 is 5.92 Å². The Morgan fingerprint density at radius 2 is 2.13 bits per heavy atom. The molecule has 120 valence electrons. The molecule has 2 rings (SSSR count). The molecule has 9 heteroatoms.